The number of hydrogen-bond donors (Lipinski definition) is 2. The van der Waals surface area contributed by atoms with E-state index in [4.69, 9.17) is 5.11 Å². The number of carboxylic acid groups (broad SMARTS) is 1. The Bertz CT molecular complexity index is 733. The summed E-state index contributed by atoms with van der Waals surface area (Å²) in [5.41, 5.74) is -2.32. The number of aliphatic hydroxyl groups is 1. The fourth-order valence-electron chi connectivity index (χ4n) is 2.36. The Morgan fingerprint density at radius 1 is 1.21 bits per heavy atom. The fraction of sp³-hybridized carbons (Fsp3) is 0.333. The monoisotopic (exact) mass is 346 g/mol. The summed E-state index contributed by atoms with van der Waals surface area (Å²) in [7, 11) is 0. The van der Waals surface area contributed by atoms with Gasteiger partial charge in [-0.3, -0.25) is 4.99 Å². The molecule has 0 radical (unpaired) electrons. The number of hydrogen-bond acceptors (Lipinski definition) is 4. The van der Waals surface area contributed by atoms with E-state index in [1.165, 1.54) is 0 Å². The minimum atomic E-state index is -2.22. The van der Waals surface area contributed by atoms with Crippen LogP contribution in [0.4, 0.5) is 17.6 Å². The van der Waals surface area contributed by atoms with Crippen LogP contribution in [0.3, 0.4) is 0 Å². The largest absolute Gasteiger partial charge is 0.871 e. The molecule has 130 valence electrons. The Morgan fingerprint density at radius 2 is 1.88 bits per heavy atom. The minimum absolute atomic E-state index is 0.0806. The molecule has 0 spiro atoms. The van der Waals surface area contributed by atoms with Crippen LogP contribution in [0.2, 0.25) is 0 Å². The first-order valence-corrected chi connectivity index (χ1v) is 6.93. The average molecular weight is 346 g/mol. The summed E-state index contributed by atoms with van der Waals surface area (Å²) in [6, 6.07) is -0.546. The van der Waals surface area contributed by atoms with Gasteiger partial charge in [0, 0.05) is 11.8 Å². The number of halogens is 4. The van der Waals surface area contributed by atoms with Gasteiger partial charge in [0.1, 0.15) is 0 Å². The number of aliphatic imine (C=N–C) groups is 1. The van der Waals surface area contributed by atoms with Gasteiger partial charge in [-0.1, -0.05) is 5.76 Å². The number of nitrogens with zero attached hydrogens (tertiary/aromatic N) is 1. The highest BCUT2D eigenvalue weighted by Gasteiger charge is 2.25. The van der Waals surface area contributed by atoms with E-state index in [0.717, 1.165) is 0 Å². The van der Waals surface area contributed by atoms with Crippen LogP contribution in [-0.2, 0) is 4.79 Å². The normalized spacial score (nSPS) is 22.0. The van der Waals surface area contributed by atoms with Crippen LogP contribution >= 0.6 is 0 Å². The van der Waals surface area contributed by atoms with E-state index in [1.807, 2.05) is 0 Å². The molecule has 2 rings (SSSR count). The van der Waals surface area contributed by atoms with Crippen molar-refractivity contribution in [2.24, 2.45) is 4.99 Å². The SMILES string of the molecule is O=C(O)/C(C=NC1CCCC1O)=C(/[O-])c1cc(F)c(F)c(F)c1F. The number of carboxylic acids is 1. The molecule has 0 amide bonds. The van der Waals surface area contributed by atoms with E-state index >= 15 is 0 Å². The van der Waals surface area contributed by atoms with Crippen LogP contribution in [0.1, 0.15) is 24.8 Å². The van der Waals surface area contributed by atoms with Crippen LogP contribution in [0, 0.1) is 23.3 Å². The summed E-state index contributed by atoms with van der Waals surface area (Å²) in [5, 5.41) is 30.7. The predicted octanol–water partition coefficient (Wildman–Crippen LogP) is 1.38. The van der Waals surface area contributed by atoms with E-state index < -0.39 is 58.3 Å². The van der Waals surface area contributed by atoms with Crippen molar-refractivity contribution in [1.82, 2.24) is 0 Å². The lowest BCUT2D eigenvalue weighted by atomic mass is 10.1. The van der Waals surface area contributed by atoms with Crippen molar-refractivity contribution in [3.63, 3.8) is 0 Å². The first kappa shape index (κ1) is 17.9. The Kier molecular flexibility index (Phi) is 5.23. The van der Waals surface area contributed by atoms with E-state index in [2.05, 4.69) is 4.99 Å². The molecule has 1 aromatic rings. The standard InChI is InChI=1S/C15H13F4NO4/c16-8-4-6(11(17)13(19)12(8)18)14(22)7(15(23)24)5-20-9-2-1-3-10(9)21/h4-5,9-10,21-22H,1-3H2,(H,23,24)/p-1/b14-7+,20-5?. The highest BCUT2D eigenvalue weighted by Crippen LogP contribution is 2.25. The summed E-state index contributed by atoms with van der Waals surface area (Å²) in [6.45, 7) is 0. The molecule has 1 saturated carbocycles. The van der Waals surface area contributed by atoms with Gasteiger partial charge in [-0.2, -0.15) is 0 Å². The lowest BCUT2D eigenvalue weighted by Crippen LogP contribution is -2.20. The molecule has 24 heavy (non-hydrogen) atoms. The molecule has 0 heterocycles. The zero-order valence-corrected chi connectivity index (χ0v) is 12.1. The summed E-state index contributed by atoms with van der Waals surface area (Å²) in [4.78, 5) is 14.9. The molecule has 1 aliphatic rings. The van der Waals surface area contributed by atoms with Crippen molar-refractivity contribution in [2.75, 3.05) is 0 Å². The van der Waals surface area contributed by atoms with Gasteiger partial charge < -0.3 is 15.3 Å². The molecular weight excluding hydrogens is 334 g/mol. The molecule has 0 aromatic heterocycles. The predicted molar refractivity (Wildman–Crippen MR) is 73.0 cm³/mol. The van der Waals surface area contributed by atoms with Crippen molar-refractivity contribution >= 4 is 17.9 Å². The van der Waals surface area contributed by atoms with Crippen molar-refractivity contribution in [3.05, 3.63) is 40.5 Å². The summed E-state index contributed by atoms with van der Waals surface area (Å²) >= 11 is 0. The van der Waals surface area contributed by atoms with Gasteiger partial charge in [0.25, 0.3) is 0 Å². The first-order chi connectivity index (χ1) is 11.2. The molecule has 0 bridgehead atoms. The fourth-order valence-corrected chi connectivity index (χ4v) is 2.36. The van der Waals surface area contributed by atoms with Crippen molar-refractivity contribution in [2.45, 2.75) is 31.4 Å². The number of rotatable bonds is 4. The average Bonchev–Trinajstić information content (AvgIpc) is 2.93. The summed E-state index contributed by atoms with van der Waals surface area (Å²) < 4.78 is 52.9. The Morgan fingerprint density at radius 3 is 2.42 bits per heavy atom. The van der Waals surface area contributed by atoms with Crippen LogP contribution in [0.15, 0.2) is 16.6 Å². The summed E-state index contributed by atoms with van der Waals surface area (Å²) in [6.07, 6.45) is 1.39. The zero-order valence-electron chi connectivity index (χ0n) is 12.1. The third-order valence-electron chi connectivity index (χ3n) is 3.66. The highest BCUT2D eigenvalue weighted by molar-refractivity contribution is 6.14. The van der Waals surface area contributed by atoms with E-state index in [9.17, 15) is 32.6 Å². The van der Waals surface area contributed by atoms with Crippen LogP contribution in [0.5, 0.6) is 0 Å². The van der Waals surface area contributed by atoms with Crippen LogP contribution in [0.25, 0.3) is 5.76 Å². The molecule has 5 nitrogen and oxygen atoms in total. The van der Waals surface area contributed by atoms with E-state index in [-0.39, 0.29) is 6.07 Å². The molecule has 2 unspecified atom stereocenters. The smallest absolute Gasteiger partial charge is 0.336 e. The van der Waals surface area contributed by atoms with Gasteiger partial charge in [-0.05, 0) is 25.3 Å². The lowest BCUT2D eigenvalue weighted by Gasteiger charge is -2.17. The molecule has 2 N–H and O–H groups in total. The van der Waals surface area contributed by atoms with E-state index in [1.54, 1.807) is 0 Å². The maximum absolute atomic E-state index is 13.6. The molecule has 9 heteroatoms. The minimum Gasteiger partial charge on any atom is -0.871 e. The molecule has 0 saturated heterocycles. The quantitative estimate of drug-likeness (QED) is 0.215. The topological polar surface area (TPSA) is 93.0 Å². The van der Waals surface area contributed by atoms with Crippen molar-refractivity contribution in [1.29, 1.82) is 0 Å². The van der Waals surface area contributed by atoms with Gasteiger partial charge in [0.05, 0.1) is 17.7 Å². The zero-order chi connectivity index (χ0) is 18.0. The molecular formula is C15H12F4NO4-. The van der Waals surface area contributed by atoms with Gasteiger partial charge in [0.15, 0.2) is 23.3 Å². The number of aliphatic carboxylic acids is 1. The van der Waals surface area contributed by atoms with Gasteiger partial charge in [0.2, 0.25) is 0 Å². The Hall–Kier alpha value is -2.42. The second-order valence-electron chi connectivity index (χ2n) is 5.24. The van der Waals surface area contributed by atoms with Gasteiger partial charge in [-0.25, -0.2) is 22.4 Å². The maximum atomic E-state index is 13.6. The van der Waals surface area contributed by atoms with Crippen molar-refractivity contribution < 1.29 is 37.7 Å². The molecule has 2 atom stereocenters. The van der Waals surface area contributed by atoms with Gasteiger partial charge in [-0.15, -0.1) is 0 Å². The third-order valence-corrected chi connectivity index (χ3v) is 3.66. The molecule has 1 aromatic carbocycles. The highest BCUT2D eigenvalue weighted by atomic mass is 19.2. The van der Waals surface area contributed by atoms with Crippen molar-refractivity contribution in [3.8, 4) is 0 Å². The van der Waals surface area contributed by atoms with Crippen LogP contribution < -0.4 is 5.11 Å². The molecule has 0 aliphatic heterocycles. The van der Waals surface area contributed by atoms with Gasteiger partial charge >= 0.3 is 5.97 Å². The second kappa shape index (κ2) is 7.00. The van der Waals surface area contributed by atoms with Crippen LogP contribution in [-0.4, -0.2) is 34.5 Å². The number of benzene rings is 1. The maximum Gasteiger partial charge on any atom is 0.336 e. The number of carbonyl (C=O) groups is 1. The summed E-state index contributed by atoms with van der Waals surface area (Å²) in [5.74, 6) is -11.5. The van der Waals surface area contributed by atoms with E-state index in [0.29, 0.717) is 25.5 Å². The Balaban J connectivity index is 2.49. The second-order valence-corrected chi connectivity index (χ2v) is 5.24. The lowest BCUT2D eigenvalue weighted by molar-refractivity contribution is -0.244. The third kappa shape index (κ3) is 3.40. The Labute approximate surface area is 133 Å². The molecule has 1 aliphatic carbocycles. The number of aliphatic hydroxyl groups excluding tert-OH is 1. The first-order valence-electron chi connectivity index (χ1n) is 6.93. The molecule has 1 fully saturated rings.